The molecule has 0 bridgehead atoms. The van der Waals surface area contributed by atoms with E-state index in [1.165, 1.54) is 6.33 Å². The SMILES string of the molecule is O=C(Nc1ccccc1Cl)c1ccc(-n2cncn2)cc1. The molecule has 0 aliphatic carbocycles. The van der Waals surface area contributed by atoms with Crippen molar-refractivity contribution in [2.45, 2.75) is 0 Å². The smallest absolute Gasteiger partial charge is 0.255 e. The van der Waals surface area contributed by atoms with E-state index in [1.54, 1.807) is 47.4 Å². The molecular formula is C15H11ClN4O. The van der Waals surface area contributed by atoms with Crippen molar-refractivity contribution in [3.63, 3.8) is 0 Å². The molecule has 0 radical (unpaired) electrons. The van der Waals surface area contributed by atoms with Gasteiger partial charge in [-0.2, -0.15) is 5.10 Å². The summed E-state index contributed by atoms with van der Waals surface area (Å²) in [5.41, 5.74) is 1.96. The van der Waals surface area contributed by atoms with Gasteiger partial charge in [0, 0.05) is 5.56 Å². The Kier molecular flexibility index (Phi) is 3.66. The zero-order valence-electron chi connectivity index (χ0n) is 10.9. The Morgan fingerprint density at radius 3 is 2.52 bits per heavy atom. The van der Waals surface area contributed by atoms with Gasteiger partial charge in [-0.3, -0.25) is 4.79 Å². The second-order valence-corrected chi connectivity index (χ2v) is 4.73. The summed E-state index contributed by atoms with van der Waals surface area (Å²) in [6.07, 6.45) is 3.05. The molecule has 0 fully saturated rings. The third kappa shape index (κ3) is 2.93. The zero-order valence-corrected chi connectivity index (χ0v) is 11.7. The van der Waals surface area contributed by atoms with E-state index in [0.717, 1.165) is 5.69 Å². The van der Waals surface area contributed by atoms with E-state index in [1.807, 2.05) is 12.1 Å². The summed E-state index contributed by atoms with van der Waals surface area (Å²) in [5, 5.41) is 7.31. The average Bonchev–Trinajstić information content (AvgIpc) is 3.04. The molecule has 1 N–H and O–H groups in total. The molecule has 1 amide bonds. The van der Waals surface area contributed by atoms with Gasteiger partial charge in [-0.05, 0) is 36.4 Å². The molecule has 0 saturated carbocycles. The number of nitrogens with one attached hydrogen (secondary N) is 1. The summed E-state index contributed by atoms with van der Waals surface area (Å²) < 4.78 is 1.62. The molecule has 0 aliphatic heterocycles. The van der Waals surface area contributed by atoms with Crippen LogP contribution in [0.2, 0.25) is 5.02 Å². The number of rotatable bonds is 3. The van der Waals surface area contributed by atoms with Crippen molar-refractivity contribution < 1.29 is 4.79 Å². The number of aromatic nitrogens is 3. The fourth-order valence-corrected chi connectivity index (χ4v) is 2.05. The van der Waals surface area contributed by atoms with Gasteiger partial charge in [-0.1, -0.05) is 23.7 Å². The summed E-state index contributed by atoms with van der Waals surface area (Å²) in [4.78, 5) is 16.0. The molecule has 6 heteroatoms. The lowest BCUT2D eigenvalue weighted by Crippen LogP contribution is -2.12. The lowest BCUT2D eigenvalue weighted by molar-refractivity contribution is 0.102. The van der Waals surface area contributed by atoms with Gasteiger partial charge in [-0.15, -0.1) is 0 Å². The molecule has 0 spiro atoms. The first-order valence-corrected chi connectivity index (χ1v) is 6.63. The van der Waals surface area contributed by atoms with E-state index in [9.17, 15) is 4.79 Å². The molecule has 0 saturated heterocycles. The Morgan fingerprint density at radius 1 is 1.10 bits per heavy atom. The van der Waals surface area contributed by atoms with Crippen LogP contribution in [0.25, 0.3) is 5.69 Å². The minimum atomic E-state index is -0.215. The molecule has 1 aromatic heterocycles. The van der Waals surface area contributed by atoms with Crippen molar-refractivity contribution in [3.8, 4) is 5.69 Å². The van der Waals surface area contributed by atoms with E-state index in [2.05, 4.69) is 15.4 Å². The van der Waals surface area contributed by atoms with Gasteiger partial charge in [0.15, 0.2) is 0 Å². The Morgan fingerprint density at radius 2 is 1.86 bits per heavy atom. The molecule has 0 atom stereocenters. The summed E-state index contributed by atoms with van der Waals surface area (Å²) in [7, 11) is 0. The lowest BCUT2D eigenvalue weighted by Gasteiger charge is -2.07. The predicted octanol–water partition coefficient (Wildman–Crippen LogP) is 3.17. The predicted molar refractivity (Wildman–Crippen MR) is 80.8 cm³/mol. The largest absolute Gasteiger partial charge is 0.321 e. The highest BCUT2D eigenvalue weighted by Gasteiger charge is 2.08. The van der Waals surface area contributed by atoms with E-state index in [0.29, 0.717) is 16.3 Å². The van der Waals surface area contributed by atoms with Crippen LogP contribution in [0.15, 0.2) is 61.2 Å². The fraction of sp³-hybridized carbons (Fsp3) is 0. The van der Waals surface area contributed by atoms with E-state index in [-0.39, 0.29) is 5.91 Å². The molecule has 3 aromatic rings. The summed E-state index contributed by atoms with van der Waals surface area (Å²) >= 11 is 6.02. The van der Waals surface area contributed by atoms with E-state index in [4.69, 9.17) is 11.6 Å². The van der Waals surface area contributed by atoms with E-state index < -0.39 is 0 Å². The van der Waals surface area contributed by atoms with Crippen LogP contribution in [0.1, 0.15) is 10.4 Å². The maximum Gasteiger partial charge on any atom is 0.255 e. The summed E-state index contributed by atoms with van der Waals surface area (Å²) in [6, 6.07) is 14.2. The van der Waals surface area contributed by atoms with Crippen LogP contribution in [-0.2, 0) is 0 Å². The van der Waals surface area contributed by atoms with Gasteiger partial charge in [0.2, 0.25) is 0 Å². The molecular weight excluding hydrogens is 288 g/mol. The van der Waals surface area contributed by atoms with Gasteiger partial charge in [0.25, 0.3) is 5.91 Å². The van der Waals surface area contributed by atoms with Crippen LogP contribution >= 0.6 is 11.6 Å². The quantitative estimate of drug-likeness (QED) is 0.808. The number of amides is 1. The summed E-state index contributed by atoms with van der Waals surface area (Å²) in [5.74, 6) is -0.215. The highest BCUT2D eigenvalue weighted by molar-refractivity contribution is 6.33. The molecule has 104 valence electrons. The fourth-order valence-electron chi connectivity index (χ4n) is 1.86. The van der Waals surface area contributed by atoms with Crippen LogP contribution < -0.4 is 5.32 Å². The number of anilines is 1. The first-order valence-electron chi connectivity index (χ1n) is 6.25. The van der Waals surface area contributed by atoms with Gasteiger partial charge in [0.1, 0.15) is 12.7 Å². The Balaban J connectivity index is 1.78. The molecule has 1 heterocycles. The van der Waals surface area contributed by atoms with Crippen molar-refractivity contribution >= 4 is 23.2 Å². The highest BCUT2D eigenvalue weighted by Crippen LogP contribution is 2.21. The van der Waals surface area contributed by atoms with Crippen LogP contribution in [0.3, 0.4) is 0 Å². The van der Waals surface area contributed by atoms with Gasteiger partial charge >= 0.3 is 0 Å². The monoisotopic (exact) mass is 298 g/mol. The lowest BCUT2D eigenvalue weighted by atomic mass is 10.2. The van der Waals surface area contributed by atoms with Gasteiger partial charge in [0.05, 0.1) is 16.4 Å². The van der Waals surface area contributed by atoms with Gasteiger partial charge in [-0.25, -0.2) is 9.67 Å². The van der Waals surface area contributed by atoms with Crippen molar-refractivity contribution in [1.29, 1.82) is 0 Å². The Labute approximate surface area is 126 Å². The minimum Gasteiger partial charge on any atom is -0.321 e. The van der Waals surface area contributed by atoms with Crippen LogP contribution in [0, 0.1) is 0 Å². The third-order valence-electron chi connectivity index (χ3n) is 2.93. The topological polar surface area (TPSA) is 59.8 Å². The molecule has 2 aromatic carbocycles. The maximum atomic E-state index is 12.2. The molecule has 0 aliphatic rings. The first kappa shape index (κ1) is 13.3. The molecule has 0 unspecified atom stereocenters. The summed E-state index contributed by atoms with van der Waals surface area (Å²) in [6.45, 7) is 0. The molecule has 21 heavy (non-hydrogen) atoms. The number of carbonyl (C=O) groups excluding carboxylic acids is 1. The number of halogens is 1. The van der Waals surface area contributed by atoms with Gasteiger partial charge < -0.3 is 5.32 Å². The Bertz CT molecular complexity index is 754. The van der Waals surface area contributed by atoms with Crippen molar-refractivity contribution in [2.24, 2.45) is 0 Å². The number of benzene rings is 2. The number of hydrogen-bond donors (Lipinski definition) is 1. The minimum absolute atomic E-state index is 0.215. The van der Waals surface area contributed by atoms with Crippen molar-refractivity contribution in [2.75, 3.05) is 5.32 Å². The second kappa shape index (κ2) is 5.76. The van der Waals surface area contributed by atoms with Crippen LogP contribution in [0.5, 0.6) is 0 Å². The molecule has 5 nitrogen and oxygen atoms in total. The Hall–Kier alpha value is -2.66. The number of carbonyl (C=O) groups is 1. The van der Waals surface area contributed by atoms with Crippen molar-refractivity contribution in [3.05, 3.63) is 71.8 Å². The highest BCUT2D eigenvalue weighted by atomic mass is 35.5. The van der Waals surface area contributed by atoms with E-state index >= 15 is 0 Å². The van der Waals surface area contributed by atoms with Crippen molar-refractivity contribution in [1.82, 2.24) is 14.8 Å². The standard InChI is InChI=1S/C15H11ClN4O/c16-13-3-1-2-4-14(13)19-15(21)11-5-7-12(8-6-11)20-10-17-9-18-20/h1-10H,(H,19,21). The zero-order chi connectivity index (χ0) is 14.7. The van der Waals surface area contributed by atoms with Crippen LogP contribution in [-0.4, -0.2) is 20.7 Å². The van der Waals surface area contributed by atoms with Crippen LogP contribution in [0.4, 0.5) is 5.69 Å². The number of nitrogens with zero attached hydrogens (tertiary/aromatic N) is 3. The normalized spacial score (nSPS) is 10.3. The number of para-hydroxylation sites is 1. The maximum absolute atomic E-state index is 12.2. The average molecular weight is 299 g/mol. The number of hydrogen-bond acceptors (Lipinski definition) is 3. The third-order valence-corrected chi connectivity index (χ3v) is 3.26. The molecule has 3 rings (SSSR count). The second-order valence-electron chi connectivity index (χ2n) is 4.32. The first-order chi connectivity index (χ1) is 10.2.